The first-order chi connectivity index (χ1) is 13.2. The number of aryl methyl sites for hydroxylation is 2. The summed E-state index contributed by atoms with van der Waals surface area (Å²) in [5.41, 5.74) is 3.94. The van der Waals surface area contributed by atoms with E-state index in [1.807, 2.05) is 30.7 Å². The van der Waals surface area contributed by atoms with Crippen molar-refractivity contribution >= 4 is 27.3 Å². The van der Waals surface area contributed by atoms with Gasteiger partial charge >= 0.3 is 0 Å². The summed E-state index contributed by atoms with van der Waals surface area (Å²) in [6, 6.07) is 15.2. The lowest BCUT2D eigenvalue weighted by atomic mass is 10.2. The quantitative estimate of drug-likeness (QED) is 0.666. The molecule has 0 bridgehead atoms. The fourth-order valence-electron chi connectivity index (χ4n) is 2.88. The third-order valence-corrected chi connectivity index (χ3v) is 5.50. The predicted octanol–water partition coefficient (Wildman–Crippen LogP) is 3.31. The smallest absolute Gasteiger partial charge is 0.261 e. The van der Waals surface area contributed by atoms with Crippen molar-refractivity contribution in [3.05, 3.63) is 71.5 Å². The molecule has 146 valence electrons. The van der Waals surface area contributed by atoms with E-state index in [2.05, 4.69) is 15.1 Å². The molecule has 2 N–H and O–H groups in total. The number of aromatic nitrogens is 2. The van der Waals surface area contributed by atoms with Gasteiger partial charge < -0.3 is 5.32 Å². The molecule has 3 aromatic rings. The van der Waals surface area contributed by atoms with E-state index >= 15 is 0 Å². The van der Waals surface area contributed by atoms with Crippen LogP contribution in [0.3, 0.4) is 0 Å². The van der Waals surface area contributed by atoms with E-state index in [1.54, 1.807) is 30.3 Å². The number of nitrogens with zero attached hydrogens (tertiary/aromatic N) is 2. The Morgan fingerprint density at radius 2 is 1.75 bits per heavy atom. The number of rotatable bonds is 6. The van der Waals surface area contributed by atoms with Crippen LogP contribution < -0.4 is 10.0 Å². The molecule has 0 fully saturated rings. The molecule has 0 aliphatic carbocycles. The zero-order valence-corrected chi connectivity index (χ0v) is 16.7. The largest absolute Gasteiger partial charge is 0.326 e. The molecule has 2 aromatic carbocycles. The zero-order valence-electron chi connectivity index (χ0n) is 15.9. The molecule has 1 aromatic heterocycles. The summed E-state index contributed by atoms with van der Waals surface area (Å²) >= 11 is 0. The molecular weight excluding hydrogens is 376 g/mol. The van der Waals surface area contributed by atoms with Gasteiger partial charge in [-0.15, -0.1) is 0 Å². The highest BCUT2D eigenvalue weighted by Crippen LogP contribution is 2.20. The molecule has 1 heterocycles. The van der Waals surface area contributed by atoms with E-state index in [4.69, 9.17) is 0 Å². The Hall–Kier alpha value is -3.13. The van der Waals surface area contributed by atoms with E-state index < -0.39 is 10.0 Å². The van der Waals surface area contributed by atoms with Crippen molar-refractivity contribution in [3.63, 3.8) is 0 Å². The Kier molecular flexibility index (Phi) is 5.51. The predicted molar refractivity (Wildman–Crippen MR) is 109 cm³/mol. The van der Waals surface area contributed by atoms with Gasteiger partial charge in [0.1, 0.15) is 0 Å². The van der Waals surface area contributed by atoms with Gasteiger partial charge in [-0.05, 0) is 61.9 Å². The minimum atomic E-state index is -3.74. The molecule has 7 nitrogen and oxygen atoms in total. The lowest BCUT2D eigenvalue weighted by molar-refractivity contribution is -0.114. The van der Waals surface area contributed by atoms with Gasteiger partial charge in [-0.2, -0.15) is 5.10 Å². The number of nitrogens with one attached hydrogen (secondary N) is 2. The lowest BCUT2D eigenvalue weighted by Crippen LogP contribution is -2.13. The number of sulfonamides is 1. The first-order valence-electron chi connectivity index (χ1n) is 8.73. The van der Waals surface area contributed by atoms with Crippen LogP contribution in [0.2, 0.25) is 0 Å². The molecule has 0 atom stereocenters. The first kappa shape index (κ1) is 19.6. The van der Waals surface area contributed by atoms with Crippen LogP contribution in [0.15, 0.2) is 59.5 Å². The number of amides is 1. The second-order valence-electron chi connectivity index (χ2n) is 6.60. The van der Waals surface area contributed by atoms with Gasteiger partial charge in [-0.1, -0.05) is 12.1 Å². The molecule has 0 aliphatic heterocycles. The van der Waals surface area contributed by atoms with Gasteiger partial charge in [0.2, 0.25) is 5.91 Å². The van der Waals surface area contributed by atoms with Crippen LogP contribution in [0.25, 0.3) is 0 Å². The second-order valence-corrected chi connectivity index (χ2v) is 8.28. The SMILES string of the molecule is CC(=O)Nc1ccc(S(=O)(=O)Nc2cccc(Cn3nc(C)cc3C)c2)cc1. The number of carbonyl (C=O) groups excluding carboxylic acids is 1. The van der Waals surface area contributed by atoms with Crippen LogP contribution in [0.5, 0.6) is 0 Å². The van der Waals surface area contributed by atoms with Gasteiger partial charge in [-0.3, -0.25) is 14.2 Å². The fourth-order valence-corrected chi connectivity index (χ4v) is 3.93. The van der Waals surface area contributed by atoms with Crippen molar-refractivity contribution in [2.24, 2.45) is 0 Å². The van der Waals surface area contributed by atoms with Crippen LogP contribution in [0, 0.1) is 13.8 Å². The van der Waals surface area contributed by atoms with Gasteiger partial charge in [-0.25, -0.2) is 8.42 Å². The standard InChI is InChI=1S/C20H22N4O3S/c1-14-11-15(2)24(22-14)13-17-5-4-6-19(12-17)23-28(26,27)20-9-7-18(8-10-20)21-16(3)25/h4-12,23H,13H2,1-3H3,(H,21,25). The lowest BCUT2D eigenvalue weighted by Gasteiger charge is -2.11. The molecule has 0 unspecified atom stereocenters. The highest BCUT2D eigenvalue weighted by atomic mass is 32.2. The highest BCUT2D eigenvalue weighted by Gasteiger charge is 2.14. The Balaban J connectivity index is 1.77. The van der Waals surface area contributed by atoms with Crippen molar-refractivity contribution in [3.8, 4) is 0 Å². The van der Waals surface area contributed by atoms with E-state index in [0.29, 0.717) is 17.9 Å². The van der Waals surface area contributed by atoms with Crippen molar-refractivity contribution in [1.29, 1.82) is 0 Å². The first-order valence-corrected chi connectivity index (χ1v) is 10.2. The molecule has 8 heteroatoms. The van der Waals surface area contributed by atoms with E-state index in [-0.39, 0.29) is 10.8 Å². The third-order valence-electron chi connectivity index (χ3n) is 4.10. The fraction of sp³-hybridized carbons (Fsp3) is 0.200. The molecule has 0 spiro atoms. The van der Waals surface area contributed by atoms with Gasteiger partial charge in [0.15, 0.2) is 0 Å². The number of carbonyl (C=O) groups is 1. The Labute approximate surface area is 164 Å². The van der Waals surface area contributed by atoms with Gasteiger partial charge in [0.05, 0.1) is 17.1 Å². The Bertz CT molecular complexity index is 1100. The number of benzene rings is 2. The van der Waals surface area contributed by atoms with Crippen LogP contribution in [-0.4, -0.2) is 24.1 Å². The maximum Gasteiger partial charge on any atom is 0.261 e. The number of hydrogen-bond acceptors (Lipinski definition) is 4. The Morgan fingerprint density at radius 3 is 2.36 bits per heavy atom. The molecular formula is C20H22N4O3S. The summed E-state index contributed by atoms with van der Waals surface area (Å²) in [6.07, 6.45) is 0. The second kappa shape index (κ2) is 7.85. The zero-order chi connectivity index (χ0) is 20.3. The minimum Gasteiger partial charge on any atom is -0.326 e. The van der Waals surface area contributed by atoms with E-state index in [1.165, 1.54) is 19.1 Å². The summed E-state index contributed by atoms with van der Waals surface area (Å²) in [7, 11) is -3.74. The minimum absolute atomic E-state index is 0.116. The highest BCUT2D eigenvalue weighted by molar-refractivity contribution is 7.92. The van der Waals surface area contributed by atoms with E-state index in [0.717, 1.165) is 17.0 Å². The van der Waals surface area contributed by atoms with Crippen LogP contribution >= 0.6 is 0 Å². The molecule has 1 amide bonds. The molecule has 3 rings (SSSR count). The third kappa shape index (κ3) is 4.77. The summed E-state index contributed by atoms with van der Waals surface area (Å²) in [5, 5.41) is 7.04. The van der Waals surface area contributed by atoms with Gasteiger partial charge in [0.25, 0.3) is 10.0 Å². The molecule has 0 radical (unpaired) electrons. The van der Waals surface area contributed by atoms with Crippen LogP contribution in [0.1, 0.15) is 23.9 Å². The van der Waals surface area contributed by atoms with Crippen molar-refractivity contribution in [2.45, 2.75) is 32.2 Å². The normalized spacial score (nSPS) is 11.2. The topological polar surface area (TPSA) is 93.1 Å². The van der Waals surface area contributed by atoms with Crippen molar-refractivity contribution in [2.75, 3.05) is 10.0 Å². The monoisotopic (exact) mass is 398 g/mol. The van der Waals surface area contributed by atoms with Gasteiger partial charge in [0, 0.05) is 24.0 Å². The van der Waals surface area contributed by atoms with Crippen LogP contribution in [-0.2, 0) is 21.4 Å². The van der Waals surface area contributed by atoms with E-state index in [9.17, 15) is 13.2 Å². The Morgan fingerprint density at radius 1 is 1.04 bits per heavy atom. The van der Waals surface area contributed by atoms with Crippen LogP contribution in [0.4, 0.5) is 11.4 Å². The maximum atomic E-state index is 12.6. The molecule has 0 saturated heterocycles. The summed E-state index contributed by atoms with van der Waals surface area (Å²) < 4.78 is 29.8. The molecule has 0 aliphatic rings. The summed E-state index contributed by atoms with van der Waals surface area (Å²) in [4.78, 5) is 11.2. The van der Waals surface area contributed by atoms with Crippen molar-refractivity contribution < 1.29 is 13.2 Å². The summed E-state index contributed by atoms with van der Waals surface area (Å²) in [6.45, 7) is 5.87. The maximum absolute atomic E-state index is 12.6. The average molecular weight is 398 g/mol. The number of hydrogen-bond donors (Lipinski definition) is 2. The van der Waals surface area contributed by atoms with Crippen molar-refractivity contribution in [1.82, 2.24) is 9.78 Å². The number of anilines is 2. The molecule has 0 saturated carbocycles. The molecule has 28 heavy (non-hydrogen) atoms. The summed E-state index contributed by atoms with van der Waals surface area (Å²) in [5.74, 6) is -0.215. The average Bonchev–Trinajstić information content (AvgIpc) is 2.92.